The number of rotatable bonds is 7. The fraction of sp³-hybridized carbons (Fsp3) is 0.286. The summed E-state index contributed by atoms with van der Waals surface area (Å²) in [4.78, 5) is 1.04. The largest absolute Gasteiger partial charge is 0.496 e. The summed E-state index contributed by atoms with van der Waals surface area (Å²) < 4.78 is 26.7. The first-order valence-corrected chi connectivity index (χ1v) is 9.37. The van der Waals surface area contributed by atoms with Crippen molar-refractivity contribution >= 4 is 11.5 Å². The van der Waals surface area contributed by atoms with E-state index in [4.69, 9.17) is 18.9 Å². The molecule has 0 saturated carbocycles. The van der Waals surface area contributed by atoms with Crippen LogP contribution >= 0.6 is 11.5 Å². The van der Waals surface area contributed by atoms with Gasteiger partial charge in [-0.25, -0.2) is 0 Å². The lowest BCUT2D eigenvalue weighted by atomic mass is 9.99. The van der Waals surface area contributed by atoms with Crippen molar-refractivity contribution in [1.29, 1.82) is 0 Å². The third kappa shape index (κ3) is 3.45. The first kappa shape index (κ1) is 19.0. The number of hydrogen-bond acceptors (Lipinski definition) is 6. The van der Waals surface area contributed by atoms with Gasteiger partial charge in [-0.3, -0.25) is 0 Å². The van der Waals surface area contributed by atoms with Crippen LogP contribution in [0.5, 0.6) is 23.0 Å². The van der Waals surface area contributed by atoms with Crippen LogP contribution in [0, 0.1) is 0 Å². The number of ether oxygens (including phenoxy) is 4. The second kappa shape index (κ2) is 8.31. The minimum Gasteiger partial charge on any atom is -0.496 e. The maximum absolute atomic E-state index is 5.70. The number of benzene rings is 2. The maximum atomic E-state index is 5.70. The van der Waals surface area contributed by atoms with Crippen LogP contribution in [-0.2, 0) is 6.42 Å². The maximum Gasteiger partial charge on any atom is 0.204 e. The Hall–Kier alpha value is -2.73. The van der Waals surface area contributed by atoms with Crippen molar-refractivity contribution in [2.75, 3.05) is 28.4 Å². The van der Waals surface area contributed by atoms with Gasteiger partial charge in [0, 0.05) is 17.8 Å². The van der Waals surface area contributed by atoms with Crippen LogP contribution in [0.1, 0.15) is 12.5 Å². The van der Waals surface area contributed by atoms with Crippen LogP contribution in [0.4, 0.5) is 0 Å². The van der Waals surface area contributed by atoms with Gasteiger partial charge in [0.05, 0.1) is 38.9 Å². The molecule has 0 atom stereocenters. The fourth-order valence-corrected chi connectivity index (χ4v) is 3.83. The van der Waals surface area contributed by atoms with E-state index in [2.05, 4.69) is 35.6 Å². The minimum atomic E-state index is 0.522. The highest BCUT2D eigenvalue weighted by molar-refractivity contribution is 7.10. The molecule has 3 aromatic rings. The van der Waals surface area contributed by atoms with Crippen molar-refractivity contribution < 1.29 is 18.9 Å². The summed E-state index contributed by atoms with van der Waals surface area (Å²) in [5.41, 5.74) is 4.12. The molecule has 5 nitrogen and oxygen atoms in total. The molecular weight excluding hydrogens is 362 g/mol. The first-order valence-electron chi connectivity index (χ1n) is 8.59. The van der Waals surface area contributed by atoms with Gasteiger partial charge in [-0.1, -0.05) is 31.2 Å². The average molecular weight is 385 g/mol. The number of aryl methyl sites for hydroxylation is 1. The Morgan fingerprint density at radius 1 is 0.852 bits per heavy atom. The van der Waals surface area contributed by atoms with Crippen LogP contribution in [0.25, 0.3) is 21.6 Å². The fourth-order valence-electron chi connectivity index (χ4n) is 3.07. The number of methoxy groups -OCH3 is 4. The summed E-state index contributed by atoms with van der Waals surface area (Å²) in [6, 6.07) is 10.3. The van der Waals surface area contributed by atoms with E-state index in [1.54, 1.807) is 34.5 Å². The minimum absolute atomic E-state index is 0.522. The summed E-state index contributed by atoms with van der Waals surface area (Å²) in [5, 5.41) is 0. The molecule has 6 heteroatoms. The molecule has 0 spiro atoms. The molecule has 27 heavy (non-hydrogen) atoms. The SMILES string of the molecule is CCc1ccc(-c2sncc2-c2c(OC)cc(OC)c(OC)c2OC)cc1. The van der Waals surface area contributed by atoms with Gasteiger partial charge in [0.25, 0.3) is 0 Å². The standard InChI is InChI=1S/C21H23NO4S/c1-6-13-7-9-14(10-8-13)21-15(12-22-27-21)18-16(23-2)11-17(24-3)19(25-4)20(18)26-5/h7-12H,6H2,1-5H3. The van der Waals surface area contributed by atoms with E-state index in [1.165, 1.54) is 17.1 Å². The van der Waals surface area contributed by atoms with Gasteiger partial charge in [0.1, 0.15) is 5.75 Å². The summed E-state index contributed by atoms with van der Waals surface area (Å²) in [6.07, 6.45) is 2.84. The Bertz CT molecular complexity index is 919. The molecule has 0 radical (unpaired) electrons. The molecule has 0 N–H and O–H groups in total. The average Bonchev–Trinajstić information content (AvgIpc) is 3.21. The van der Waals surface area contributed by atoms with Crippen molar-refractivity contribution in [3.8, 4) is 44.6 Å². The second-order valence-electron chi connectivity index (χ2n) is 5.84. The Kier molecular flexibility index (Phi) is 5.86. The Labute approximate surface area is 163 Å². The predicted molar refractivity (Wildman–Crippen MR) is 109 cm³/mol. The molecule has 0 aliphatic heterocycles. The molecule has 2 aromatic carbocycles. The number of aromatic nitrogens is 1. The number of hydrogen-bond donors (Lipinski definition) is 0. The highest BCUT2D eigenvalue weighted by Crippen LogP contribution is 2.52. The van der Waals surface area contributed by atoms with Crippen molar-refractivity contribution in [1.82, 2.24) is 4.37 Å². The van der Waals surface area contributed by atoms with E-state index in [0.29, 0.717) is 23.0 Å². The lowest BCUT2D eigenvalue weighted by Gasteiger charge is -2.19. The summed E-state index contributed by atoms with van der Waals surface area (Å²) in [7, 11) is 6.41. The lowest BCUT2D eigenvalue weighted by Crippen LogP contribution is -2.00. The third-order valence-corrected chi connectivity index (χ3v) is 5.33. The van der Waals surface area contributed by atoms with Gasteiger partial charge < -0.3 is 18.9 Å². The normalized spacial score (nSPS) is 10.6. The summed E-state index contributed by atoms with van der Waals surface area (Å²) in [5.74, 6) is 2.26. The molecule has 1 aromatic heterocycles. The van der Waals surface area contributed by atoms with Gasteiger partial charge in [-0.2, -0.15) is 4.37 Å². The molecule has 142 valence electrons. The predicted octanol–water partition coefficient (Wildman–Crippen LogP) is 5.07. The summed E-state index contributed by atoms with van der Waals surface area (Å²) in [6.45, 7) is 2.15. The van der Waals surface area contributed by atoms with E-state index < -0.39 is 0 Å². The van der Waals surface area contributed by atoms with E-state index in [1.807, 2.05) is 6.20 Å². The monoisotopic (exact) mass is 385 g/mol. The van der Waals surface area contributed by atoms with Gasteiger partial charge in [-0.05, 0) is 29.1 Å². The third-order valence-electron chi connectivity index (χ3n) is 4.48. The topological polar surface area (TPSA) is 49.8 Å². The van der Waals surface area contributed by atoms with Gasteiger partial charge in [0.15, 0.2) is 11.5 Å². The van der Waals surface area contributed by atoms with Crippen LogP contribution in [0.15, 0.2) is 36.5 Å². The molecule has 0 bridgehead atoms. The number of nitrogens with zero attached hydrogens (tertiary/aromatic N) is 1. The Morgan fingerprint density at radius 2 is 1.52 bits per heavy atom. The highest BCUT2D eigenvalue weighted by Gasteiger charge is 2.25. The molecule has 1 heterocycles. The summed E-state index contributed by atoms with van der Waals surface area (Å²) >= 11 is 1.44. The highest BCUT2D eigenvalue weighted by atomic mass is 32.1. The molecule has 0 unspecified atom stereocenters. The van der Waals surface area contributed by atoms with Gasteiger partial charge >= 0.3 is 0 Å². The van der Waals surface area contributed by atoms with Gasteiger partial charge in [-0.15, -0.1) is 0 Å². The quantitative estimate of drug-likeness (QED) is 0.568. The van der Waals surface area contributed by atoms with E-state index >= 15 is 0 Å². The molecule has 0 aliphatic carbocycles. The van der Waals surface area contributed by atoms with E-state index in [-0.39, 0.29) is 0 Å². The van der Waals surface area contributed by atoms with E-state index in [9.17, 15) is 0 Å². The Balaban J connectivity index is 2.24. The first-order chi connectivity index (χ1) is 13.2. The second-order valence-corrected chi connectivity index (χ2v) is 6.64. The smallest absolute Gasteiger partial charge is 0.204 e. The van der Waals surface area contributed by atoms with Crippen LogP contribution in [0.3, 0.4) is 0 Å². The molecule has 0 aliphatic rings. The van der Waals surface area contributed by atoms with Crippen LogP contribution in [-0.4, -0.2) is 32.8 Å². The van der Waals surface area contributed by atoms with Crippen molar-refractivity contribution in [2.45, 2.75) is 13.3 Å². The lowest BCUT2D eigenvalue weighted by molar-refractivity contribution is 0.320. The molecular formula is C21H23NO4S. The van der Waals surface area contributed by atoms with Crippen LogP contribution in [0.2, 0.25) is 0 Å². The van der Waals surface area contributed by atoms with Crippen LogP contribution < -0.4 is 18.9 Å². The van der Waals surface area contributed by atoms with Crippen molar-refractivity contribution in [3.05, 3.63) is 42.1 Å². The zero-order valence-electron chi connectivity index (χ0n) is 16.2. The van der Waals surface area contributed by atoms with Crippen molar-refractivity contribution in [3.63, 3.8) is 0 Å². The van der Waals surface area contributed by atoms with E-state index in [0.717, 1.165) is 28.0 Å². The zero-order chi connectivity index (χ0) is 19.4. The Morgan fingerprint density at radius 3 is 2.07 bits per heavy atom. The molecule has 0 fully saturated rings. The van der Waals surface area contributed by atoms with Crippen molar-refractivity contribution in [2.24, 2.45) is 0 Å². The molecule has 0 amide bonds. The van der Waals surface area contributed by atoms with Gasteiger partial charge in [0.2, 0.25) is 5.75 Å². The zero-order valence-corrected chi connectivity index (χ0v) is 17.0. The molecule has 3 rings (SSSR count). The molecule has 0 saturated heterocycles.